The summed E-state index contributed by atoms with van der Waals surface area (Å²) >= 11 is 0. The average Bonchev–Trinajstić information content (AvgIpc) is 2.82. The second-order valence-electron chi connectivity index (χ2n) is 4.02. The number of aliphatic hydroxyl groups is 1. The van der Waals surface area contributed by atoms with Gasteiger partial charge in [-0.3, -0.25) is 10.1 Å². The summed E-state index contributed by atoms with van der Waals surface area (Å²) in [6.07, 6.45) is -0.434. The number of aliphatic hydroxyl groups excluding tert-OH is 1. The monoisotopic (exact) mass is 290 g/mol. The van der Waals surface area contributed by atoms with E-state index < -0.39 is 17.1 Å². The zero-order valence-corrected chi connectivity index (χ0v) is 11.1. The highest BCUT2D eigenvalue weighted by molar-refractivity contribution is 5.85. The Labute approximate surface area is 115 Å². The summed E-state index contributed by atoms with van der Waals surface area (Å²) < 4.78 is 10.2. The standard InChI is InChI=1S/C11H14N2O5.ClH/c1-2-8(14)11(12)6-3-9-10(18-5-17-9)4-7(6)13(15)16;/h3-4,8,11,14H,2,5,12H2,1H3;1H/t8-,11+;/m0./s1. The molecule has 8 heteroatoms. The summed E-state index contributed by atoms with van der Waals surface area (Å²) in [6, 6.07) is 1.91. The van der Waals surface area contributed by atoms with Gasteiger partial charge in [0, 0.05) is 0 Å². The zero-order chi connectivity index (χ0) is 13.3. The van der Waals surface area contributed by atoms with E-state index in [2.05, 4.69) is 0 Å². The van der Waals surface area contributed by atoms with E-state index in [0.29, 0.717) is 17.9 Å². The Morgan fingerprint density at radius 3 is 2.58 bits per heavy atom. The molecule has 0 saturated carbocycles. The molecule has 106 valence electrons. The van der Waals surface area contributed by atoms with Gasteiger partial charge in [0.1, 0.15) is 0 Å². The maximum atomic E-state index is 11.0. The first-order chi connectivity index (χ1) is 8.54. The number of nitro benzene ring substituents is 1. The van der Waals surface area contributed by atoms with E-state index in [-0.39, 0.29) is 30.5 Å². The van der Waals surface area contributed by atoms with E-state index in [1.807, 2.05) is 0 Å². The van der Waals surface area contributed by atoms with Crippen LogP contribution < -0.4 is 15.2 Å². The predicted molar refractivity (Wildman–Crippen MR) is 69.7 cm³/mol. The molecule has 1 aliphatic rings. The second-order valence-corrected chi connectivity index (χ2v) is 4.02. The molecule has 0 amide bonds. The van der Waals surface area contributed by atoms with Crippen LogP contribution >= 0.6 is 12.4 Å². The van der Waals surface area contributed by atoms with Crippen LogP contribution in [0.5, 0.6) is 11.5 Å². The molecule has 0 unspecified atom stereocenters. The molecule has 0 spiro atoms. The number of hydrogen-bond donors (Lipinski definition) is 2. The van der Waals surface area contributed by atoms with Gasteiger partial charge in [-0.25, -0.2) is 0 Å². The van der Waals surface area contributed by atoms with Crippen LogP contribution in [0.25, 0.3) is 0 Å². The van der Waals surface area contributed by atoms with Crippen molar-refractivity contribution in [1.82, 2.24) is 0 Å². The van der Waals surface area contributed by atoms with Crippen molar-refractivity contribution in [2.24, 2.45) is 5.73 Å². The Hall–Kier alpha value is -1.57. The number of hydrogen-bond acceptors (Lipinski definition) is 6. The molecule has 2 rings (SSSR count). The van der Waals surface area contributed by atoms with Gasteiger partial charge in [-0.2, -0.15) is 0 Å². The second kappa shape index (κ2) is 6.05. The fourth-order valence-electron chi connectivity index (χ4n) is 1.83. The minimum atomic E-state index is -0.843. The molecular weight excluding hydrogens is 276 g/mol. The van der Waals surface area contributed by atoms with Gasteiger partial charge < -0.3 is 20.3 Å². The van der Waals surface area contributed by atoms with Crippen molar-refractivity contribution in [1.29, 1.82) is 0 Å². The fraction of sp³-hybridized carbons (Fsp3) is 0.455. The Bertz CT molecular complexity index is 482. The third-order valence-corrected chi connectivity index (χ3v) is 2.91. The van der Waals surface area contributed by atoms with Crippen LogP contribution in [0.1, 0.15) is 24.9 Å². The normalized spacial score (nSPS) is 15.5. The molecule has 1 aromatic carbocycles. The highest BCUT2D eigenvalue weighted by Crippen LogP contribution is 2.40. The fourth-order valence-corrected chi connectivity index (χ4v) is 1.83. The number of nitrogens with two attached hydrogens (primary N) is 1. The van der Waals surface area contributed by atoms with Gasteiger partial charge in [0.2, 0.25) is 6.79 Å². The van der Waals surface area contributed by atoms with Crippen LogP contribution in [0, 0.1) is 10.1 Å². The molecule has 0 aromatic heterocycles. The van der Waals surface area contributed by atoms with Crippen LogP contribution in [0.2, 0.25) is 0 Å². The number of ether oxygens (including phenoxy) is 2. The molecule has 0 saturated heterocycles. The van der Waals surface area contributed by atoms with E-state index in [9.17, 15) is 15.2 Å². The zero-order valence-electron chi connectivity index (χ0n) is 10.2. The smallest absolute Gasteiger partial charge is 0.278 e. The SMILES string of the molecule is CC[C@H](O)[C@H](N)c1cc2c(cc1[N+](=O)[O-])OCO2.Cl. The summed E-state index contributed by atoms with van der Waals surface area (Å²) in [4.78, 5) is 10.5. The third kappa shape index (κ3) is 2.89. The maximum Gasteiger partial charge on any atom is 0.278 e. The lowest BCUT2D eigenvalue weighted by atomic mass is 9.98. The summed E-state index contributed by atoms with van der Waals surface area (Å²) in [5.74, 6) is 0.734. The topological polar surface area (TPSA) is 108 Å². The summed E-state index contributed by atoms with van der Waals surface area (Å²) in [6.45, 7) is 1.78. The molecule has 1 aliphatic heterocycles. The van der Waals surface area contributed by atoms with Gasteiger partial charge in [-0.15, -0.1) is 12.4 Å². The molecule has 1 heterocycles. The summed E-state index contributed by atoms with van der Waals surface area (Å²) in [7, 11) is 0. The van der Waals surface area contributed by atoms with Gasteiger partial charge >= 0.3 is 0 Å². The number of rotatable bonds is 4. The van der Waals surface area contributed by atoms with E-state index in [1.54, 1.807) is 6.92 Å². The minimum Gasteiger partial charge on any atom is -0.454 e. The lowest BCUT2D eigenvalue weighted by Gasteiger charge is -2.17. The summed E-state index contributed by atoms with van der Waals surface area (Å²) in [5, 5.41) is 20.7. The Kier molecular flexibility index (Phi) is 4.93. The lowest BCUT2D eigenvalue weighted by Crippen LogP contribution is -2.26. The molecule has 0 radical (unpaired) electrons. The van der Waals surface area contributed by atoms with Crippen molar-refractivity contribution in [3.8, 4) is 11.5 Å². The lowest BCUT2D eigenvalue weighted by molar-refractivity contribution is -0.385. The van der Waals surface area contributed by atoms with Crippen molar-refractivity contribution in [2.75, 3.05) is 6.79 Å². The molecule has 0 fully saturated rings. The van der Waals surface area contributed by atoms with E-state index >= 15 is 0 Å². The maximum absolute atomic E-state index is 11.0. The Balaban J connectivity index is 0.00000180. The van der Waals surface area contributed by atoms with Crippen LogP contribution in [-0.2, 0) is 0 Å². The van der Waals surface area contributed by atoms with Gasteiger partial charge in [0.15, 0.2) is 11.5 Å². The first-order valence-electron chi connectivity index (χ1n) is 5.56. The van der Waals surface area contributed by atoms with Gasteiger partial charge in [-0.1, -0.05) is 6.92 Å². The van der Waals surface area contributed by atoms with E-state index in [4.69, 9.17) is 15.2 Å². The van der Waals surface area contributed by atoms with E-state index in [1.165, 1.54) is 12.1 Å². The highest BCUT2D eigenvalue weighted by atomic mass is 35.5. The van der Waals surface area contributed by atoms with Gasteiger partial charge in [0.05, 0.1) is 28.7 Å². The van der Waals surface area contributed by atoms with Gasteiger partial charge in [-0.05, 0) is 12.5 Å². The van der Waals surface area contributed by atoms with Crippen molar-refractivity contribution >= 4 is 18.1 Å². The van der Waals surface area contributed by atoms with Crippen molar-refractivity contribution in [3.05, 3.63) is 27.8 Å². The largest absolute Gasteiger partial charge is 0.454 e. The Morgan fingerprint density at radius 1 is 1.47 bits per heavy atom. The Morgan fingerprint density at radius 2 is 2.05 bits per heavy atom. The van der Waals surface area contributed by atoms with Crippen molar-refractivity contribution < 1.29 is 19.5 Å². The molecule has 1 aromatic rings. The number of fused-ring (bicyclic) bond motifs is 1. The van der Waals surface area contributed by atoms with Crippen molar-refractivity contribution in [3.63, 3.8) is 0 Å². The first kappa shape index (κ1) is 15.5. The van der Waals surface area contributed by atoms with Crippen LogP contribution in [0.3, 0.4) is 0 Å². The van der Waals surface area contributed by atoms with Crippen molar-refractivity contribution in [2.45, 2.75) is 25.5 Å². The number of halogens is 1. The molecule has 19 heavy (non-hydrogen) atoms. The number of nitro groups is 1. The third-order valence-electron chi connectivity index (χ3n) is 2.91. The number of nitrogens with zero attached hydrogens (tertiary/aromatic N) is 1. The molecule has 7 nitrogen and oxygen atoms in total. The van der Waals surface area contributed by atoms with Gasteiger partial charge in [0.25, 0.3) is 5.69 Å². The molecular formula is C11H15ClN2O5. The first-order valence-corrected chi connectivity index (χ1v) is 5.56. The highest BCUT2D eigenvalue weighted by Gasteiger charge is 2.29. The van der Waals surface area contributed by atoms with Crippen LogP contribution in [-0.4, -0.2) is 22.9 Å². The number of benzene rings is 1. The average molecular weight is 291 g/mol. The van der Waals surface area contributed by atoms with Crippen LogP contribution in [0.4, 0.5) is 5.69 Å². The quantitative estimate of drug-likeness (QED) is 0.643. The molecule has 0 bridgehead atoms. The van der Waals surface area contributed by atoms with E-state index in [0.717, 1.165) is 0 Å². The molecule has 2 atom stereocenters. The molecule has 3 N–H and O–H groups in total. The van der Waals surface area contributed by atoms with Crippen LogP contribution in [0.15, 0.2) is 12.1 Å². The summed E-state index contributed by atoms with van der Waals surface area (Å²) in [5.41, 5.74) is 5.91. The molecule has 0 aliphatic carbocycles. The predicted octanol–water partition coefficient (Wildman–Crippen LogP) is 1.52. The minimum absolute atomic E-state index is 0.